The maximum absolute atomic E-state index is 13.2. The summed E-state index contributed by atoms with van der Waals surface area (Å²) in [5.74, 6) is 0.103. The van der Waals surface area contributed by atoms with E-state index in [1.807, 2.05) is 53.4 Å². The van der Waals surface area contributed by atoms with Gasteiger partial charge in [-0.2, -0.15) is 0 Å². The summed E-state index contributed by atoms with van der Waals surface area (Å²) in [7, 11) is 0. The average molecular weight is 373 g/mol. The number of rotatable bonds is 5. The Balaban J connectivity index is 1.44. The first-order valence-corrected chi connectivity index (χ1v) is 10.1. The molecule has 28 heavy (non-hydrogen) atoms. The van der Waals surface area contributed by atoms with E-state index < -0.39 is 0 Å². The summed E-state index contributed by atoms with van der Waals surface area (Å²) < 4.78 is 0. The van der Waals surface area contributed by atoms with E-state index in [0.717, 1.165) is 42.0 Å². The normalized spacial score (nSPS) is 16.2. The van der Waals surface area contributed by atoms with E-state index in [0.29, 0.717) is 13.1 Å². The van der Waals surface area contributed by atoms with Gasteiger partial charge in [-0.15, -0.1) is 0 Å². The molecule has 1 aliphatic heterocycles. The van der Waals surface area contributed by atoms with Gasteiger partial charge in [0, 0.05) is 25.3 Å². The first kappa shape index (κ1) is 18.7. The van der Waals surface area contributed by atoms with Crippen LogP contribution < -0.4 is 0 Å². The van der Waals surface area contributed by atoms with Crippen molar-refractivity contribution in [3.63, 3.8) is 0 Å². The van der Waals surface area contributed by atoms with Gasteiger partial charge >= 0.3 is 0 Å². The zero-order valence-electron chi connectivity index (χ0n) is 16.2. The third-order valence-electron chi connectivity index (χ3n) is 6.25. The third-order valence-corrected chi connectivity index (χ3v) is 6.25. The molecule has 1 fully saturated rings. The molecule has 0 spiro atoms. The smallest absolute Gasteiger partial charge is 0.254 e. The number of likely N-dealkylation sites (tertiary alicyclic amines) is 1. The second kappa shape index (κ2) is 8.15. The predicted molar refractivity (Wildman–Crippen MR) is 113 cm³/mol. The van der Waals surface area contributed by atoms with Gasteiger partial charge in [-0.05, 0) is 53.5 Å². The Morgan fingerprint density at radius 2 is 1.57 bits per heavy atom. The Morgan fingerprint density at radius 1 is 0.893 bits per heavy atom. The molecule has 1 N–H and O–H groups in total. The van der Waals surface area contributed by atoms with Crippen molar-refractivity contribution in [1.82, 2.24) is 4.90 Å². The maximum Gasteiger partial charge on any atom is 0.254 e. The summed E-state index contributed by atoms with van der Waals surface area (Å²) in [5.41, 5.74) is 2.01. The van der Waals surface area contributed by atoms with Gasteiger partial charge in [0.25, 0.3) is 5.91 Å². The lowest BCUT2D eigenvalue weighted by molar-refractivity contribution is 0.0316. The molecule has 4 rings (SSSR count). The van der Waals surface area contributed by atoms with Gasteiger partial charge in [0.1, 0.15) is 0 Å². The van der Waals surface area contributed by atoms with Crippen molar-refractivity contribution < 1.29 is 9.90 Å². The van der Waals surface area contributed by atoms with E-state index in [9.17, 15) is 9.90 Å². The van der Waals surface area contributed by atoms with Crippen LogP contribution in [0.3, 0.4) is 0 Å². The second-order valence-corrected chi connectivity index (χ2v) is 7.96. The Kier molecular flexibility index (Phi) is 5.45. The van der Waals surface area contributed by atoms with Crippen LogP contribution in [0.25, 0.3) is 10.8 Å². The number of aliphatic hydroxyl groups is 1. The fraction of sp³-hybridized carbons (Fsp3) is 0.320. The summed E-state index contributed by atoms with van der Waals surface area (Å²) in [5, 5.41) is 12.2. The molecule has 0 aliphatic carbocycles. The predicted octanol–water partition coefficient (Wildman–Crippen LogP) is 4.69. The SMILES string of the molecule is O=C(c1cccc2ccccc12)N1CCC(CO)(CCc2ccccc2)CC1. The van der Waals surface area contributed by atoms with Gasteiger partial charge in [-0.1, -0.05) is 66.7 Å². The number of fused-ring (bicyclic) bond motifs is 1. The summed E-state index contributed by atoms with van der Waals surface area (Å²) >= 11 is 0. The minimum absolute atomic E-state index is 0.0780. The van der Waals surface area contributed by atoms with Crippen LogP contribution in [0.1, 0.15) is 35.2 Å². The van der Waals surface area contributed by atoms with Crippen LogP contribution >= 0.6 is 0 Å². The van der Waals surface area contributed by atoms with E-state index in [1.54, 1.807) is 0 Å². The van der Waals surface area contributed by atoms with Crippen molar-refractivity contribution in [3.8, 4) is 0 Å². The molecule has 1 heterocycles. The molecule has 1 saturated heterocycles. The van der Waals surface area contributed by atoms with Crippen LogP contribution in [0.2, 0.25) is 0 Å². The molecule has 1 aliphatic rings. The molecule has 3 nitrogen and oxygen atoms in total. The molecule has 144 valence electrons. The van der Waals surface area contributed by atoms with Crippen LogP contribution in [0.4, 0.5) is 0 Å². The lowest BCUT2D eigenvalue weighted by Gasteiger charge is -2.41. The van der Waals surface area contributed by atoms with Gasteiger partial charge in [0.2, 0.25) is 0 Å². The summed E-state index contributed by atoms with van der Waals surface area (Å²) in [4.78, 5) is 15.1. The molecular formula is C25H27NO2. The minimum atomic E-state index is -0.0780. The van der Waals surface area contributed by atoms with Gasteiger partial charge in [-0.25, -0.2) is 0 Å². The third kappa shape index (κ3) is 3.81. The lowest BCUT2D eigenvalue weighted by Crippen LogP contribution is -2.45. The molecule has 0 radical (unpaired) electrons. The molecule has 1 amide bonds. The number of nitrogens with zero attached hydrogens (tertiary/aromatic N) is 1. The standard InChI is InChI=1S/C25H27NO2/c27-19-25(14-13-20-7-2-1-3-8-20)15-17-26(18-16-25)24(28)23-12-6-10-21-9-4-5-11-22(21)23/h1-12,27H,13-19H2. The summed E-state index contributed by atoms with van der Waals surface area (Å²) in [6.07, 6.45) is 3.64. The van der Waals surface area contributed by atoms with E-state index in [2.05, 4.69) is 24.3 Å². The first-order valence-electron chi connectivity index (χ1n) is 10.1. The van der Waals surface area contributed by atoms with Gasteiger partial charge < -0.3 is 10.0 Å². The number of amides is 1. The Labute approximate surface area is 166 Å². The summed E-state index contributed by atoms with van der Waals surface area (Å²) in [6, 6.07) is 24.4. The van der Waals surface area contributed by atoms with Crippen LogP contribution in [0.5, 0.6) is 0 Å². The van der Waals surface area contributed by atoms with Crippen LogP contribution in [0.15, 0.2) is 72.8 Å². The molecule has 0 atom stereocenters. The van der Waals surface area contributed by atoms with Crippen molar-refractivity contribution in [3.05, 3.63) is 83.9 Å². The largest absolute Gasteiger partial charge is 0.396 e. The monoisotopic (exact) mass is 373 g/mol. The molecule has 3 aromatic rings. The summed E-state index contributed by atoms with van der Waals surface area (Å²) in [6.45, 7) is 1.60. The highest BCUT2D eigenvalue weighted by Crippen LogP contribution is 2.36. The number of carbonyl (C=O) groups is 1. The minimum Gasteiger partial charge on any atom is -0.396 e. The van der Waals surface area contributed by atoms with Crippen molar-refractivity contribution in [2.45, 2.75) is 25.7 Å². The zero-order valence-corrected chi connectivity index (χ0v) is 16.2. The fourth-order valence-corrected chi connectivity index (χ4v) is 4.31. The van der Waals surface area contributed by atoms with E-state index in [1.165, 1.54) is 5.56 Å². The number of hydrogen-bond donors (Lipinski definition) is 1. The number of piperidine rings is 1. The number of aliphatic hydroxyl groups excluding tert-OH is 1. The highest BCUT2D eigenvalue weighted by Gasteiger charge is 2.35. The lowest BCUT2D eigenvalue weighted by atomic mass is 9.74. The molecule has 0 aromatic heterocycles. The Hall–Kier alpha value is -2.65. The number of carbonyl (C=O) groups excluding carboxylic acids is 1. The second-order valence-electron chi connectivity index (χ2n) is 7.96. The fourth-order valence-electron chi connectivity index (χ4n) is 4.31. The van der Waals surface area contributed by atoms with Crippen molar-refractivity contribution >= 4 is 16.7 Å². The van der Waals surface area contributed by atoms with E-state index in [-0.39, 0.29) is 17.9 Å². The van der Waals surface area contributed by atoms with Gasteiger partial charge in [-0.3, -0.25) is 4.79 Å². The number of aryl methyl sites for hydroxylation is 1. The van der Waals surface area contributed by atoms with Crippen molar-refractivity contribution in [2.75, 3.05) is 19.7 Å². The number of benzene rings is 3. The highest BCUT2D eigenvalue weighted by atomic mass is 16.3. The van der Waals surface area contributed by atoms with Crippen LogP contribution in [0, 0.1) is 5.41 Å². The molecule has 0 unspecified atom stereocenters. The van der Waals surface area contributed by atoms with E-state index >= 15 is 0 Å². The first-order chi connectivity index (χ1) is 13.7. The zero-order chi connectivity index (χ0) is 19.4. The Morgan fingerprint density at radius 3 is 2.32 bits per heavy atom. The molecular weight excluding hydrogens is 346 g/mol. The highest BCUT2D eigenvalue weighted by molar-refractivity contribution is 6.07. The number of hydrogen-bond acceptors (Lipinski definition) is 2. The van der Waals surface area contributed by atoms with Crippen LogP contribution in [-0.2, 0) is 6.42 Å². The van der Waals surface area contributed by atoms with Gasteiger partial charge in [0.15, 0.2) is 0 Å². The quantitative estimate of drug-likeness (QED) is 0.705. The maximum atomic E-state index is 13.2. The molecule has 3 aromatic carbocycles. The van der Waals surface area contributed by atoms with Crippen LogP contribution in [-0.4, -0.2) is 35.6 Å². The molecule has 0 bridgehead atoms. The van der Waals surface area contributed by atoms with Gasteiger partial charge in [0.05, 0.1) is 0 Å². The average Bonchev–Trinajstić information content (AvgIpc) is 2.78. The topological polar surface area (TPSA) is 40.5 Å². The van der Waals surface area contributed by atoms with Crippen molar-refractivity contribution in [1.29, 1.82) is 0 Å². The van der Waals surface area contributed by atoms with E-state index in [4.69, 9.17) is 0 Å². The molecule has 3 heteroatoms. The Bertz CT molecular complexity index is 938. The van der Waals surface area contributed by atoms with Crippen molar-refractivity contribution in [2.24, 2.45) is 5.41 Å². The molecule has 0 saturated carbocycles.